The van der Waals surface area contributed by atoms with E-state index in [4.69, 9.17) is 0 Å². The van der Waals surface area contributed by atoms with Crippen LogP contribution >= 0.6 is 11.3 Å². The Labute approximate surface area is 164 Å². The van der Waals surface area contributed by atoms with Crippen molar-refractivity contribution in [3.05, 3.63) is 41.2 Å². The van der Waals surface area contributed by atoms with E-state index in [0.29, 0.717) is 13.0 Å². The molecule has 1 amide bonds. The summed E-state index contributed by atoms with van der Waals surface area (Å²) in [5, 5.41) is 6.23. The number of nitrogens with one attached hydrogen (secondary N) is 1. The Kier molecular flexibility index (Phi) is 5.41. The first-order valence-electron chi connectivity index (χ1n) is 9.68. The molecule has 7 heteroatoms. The average molecular weight is 386 g/mol. The van der Waals surface area contributed by atoms with Crippen LogP contribution in [0.4, 0.5) is 5.13 Å². The Morgan fingerprint density at radius 2 is 2.15 bits per heavy atom. The lowest BCUT2D eigenvalue weighted by molar-refractivity contribution is -0.140. The third kappa shape index (κ3) is 4.30. The minimum atomic E-state index is 0.211. The Balaban J connectivity index is 1.42. The van der Waals surface area contributed by atoms with Gasteiger partial charge in [0.15, 0.2) is 5.13 Å². The molecule has 1 atom stereocenters. The largest absolute Gasteiger partial charge is 0.365 e. The van der Waals surface area contributed by atoms with Gasteiger partial charge in [0, 0.05) is 50.1 Å². The number of thiazole rings is 1. The lowest BCUT2D eigenvalue weighted by Gasteiger charge is -2.48. The van der Waals surface area contributed by atoms with E-state index in [-0.39, 0.29) is 11.3 Å². The summed E-state index contributed by atoms with van der Waals surface area (Å²) in [5.41, 5.74) is 2.32. The molecule has 0 aromatic carbocycles. The standard InChI is InChI=1S/C20H27N5OS/c1-21-19-23-17(13-27-19)11-24-10-4-7-20(14-24)8-6-18(26)25(15-20)12-16-5-2-3-9-22-16/h2-3,5,9,13H,4,6-8,10-12,14-15H2,1H3,(H,21,23). The quantitative estimate of drug-likeness (QED) is 0.857. The molecule has 0 saturated carbocycles. The Morgan fingerprint density at radius 1 is 1.22 bits per heavy atom. The first-order chi connectivity index (χ1) is 13.2. The van der Waals surface area contributed by atoms with Crippen molar-refractivity contribution in [3.8, 4) is 0 Å². The molecular weight excluding hydrogens is 358 g/mol. The van der Waals surface area contributed by atoms with Crippen molar-refractivity contribution < 1.29 is 4.79 Å². The fraction of sp³-hybridized carbons (Fsp3) is 0.550. The van der Waals surface area contributed by atoms with Crippen molar-refractivity contribution in [1.29, 1.82) is 0 Å². The number of pyridine rings is 1. The van der Waals surface area contributed by atoms with Gasteiger partial charge in [-0.15, -0.1) is 11.3 Å². The van der Waals surface area contributed by atoms with E-state index in [0.717, 1.165) is 49.1 Å². The van der Waals surface area contributed by atoms with Gasteiger partial charge < -0.3 is 10.2 Å². The summed E-state index contributed by atoms with van der Waals surface area (Å²) in [6.07, 6.45) is 5.85. The molecule has 2 aromatic heterocycles. The Hall–Kier alpha value is -1.99. The number of likely N-dealkylation sites (tertiary alicyclic amines) is 2. The normalized spacial score (nSPS) is 23.7. The van der Waals surface area contributed by atoms with E-state index in [1.165, 1.54) is 12.8 Å². The van der Waals surface area contributed by atoms with E-state index < -0.39 is 0 Å². The van der Waals surface area contributed by atoms with Crippen LogP contribution in [-0.2, 0) is 17.9 Å². The first kappa shape index (κ1) is 18.4. The summed E-state index contributed by atoms with van der Waals surface area (Å²) in [7, 11) is 1.91. The van der Waals surface area contributed by atoms with Crippen molar-refractivity contribution in [2.45, 2.75) is 38.8 Å². The maximum atomic E-state index is 12.5. The molecule has 4 rings (SSSR count). The van der Waals surface area contributed by atoms with Crippen LogP contribution in [0.3, 0.4) is 0 Å². The van der Waals surface area contributed by atoms with Crippen LogP contribution in [0.5, 0.6) is 0 Å². The molecule has 4 heterocycles. The van der Waals surface area contributed by atoms with Crippen molar-refractivity contribution in [1.82, 2.24) is 19.8 Å². The van der Waals surface area contributed by atoms with Crippen LogP contribution < -0.4 is 5.32 Å². The van der Waals surface area contributed by atoms with Crippen molar-refractivity contribution in [3.63, 3.8) is 0 Å². The maximum Gasteiger partial charge on any atom is 0.222 e. The maximum absolute atomic E-state index is 12.5. The fourth-order valence-electron chi connectivity index (χ4n) is 4.44. The van der Waals surface area contributed by atoms with Gasteiger partial charge in [0.25, 0.3) is 0 Å². The first-order valence-corrected chi connectivity index (χ1v) is 10.6. The molecule has 0 radical (unpaired) electrons. The molecule has 144 valence electrons. The monoisotopic (exact) mass is 385 g/mol. The van der Waals surface area contributed by atoms with Crippen LogP contribution in [0, 0.1) is 5.41 Å². The van der Waals surface area contributed by atoms with Gasteiger partial charge in [0.05, 0.1) is 17.9 Å². The summed E-state index contributed by atoms with van der Waals surface area (Å²) in [6.45, 7) is 4.53. The molecule has 2 aromatic rings. The van der Waals surface area contributed by atoms with Crippen LogP contribution in [-0.4, -0.2) is 52.4 Å². The number of aromatic nitrogens is 2. The van der Waals surface area contributed by atoms with Gasteiger partial charge in [-0.2, -0.15) is 0 Å². The molecule has 6 nitrogen and oxygen atoms in total. The third-order valence-corrected chi connectivity index (χ3v) is 6.63. The number of anilines is 1. The van der Waals surface area contributed by atoms with Gasteiger partial charge in [0.2, 0.25) is 5.91 Å². The number of hydrogen-bond donors (Lipinski definition) is 1. The summed E-state index contributed by atoms with van der Waals surface area (Å²) >= 11 is 1.66. The molecule has 2 fully saturated rings. The van der Waals surface area contributed by atoms with Gasteiger partial charge >= 0.3 is 0 Å². The predicted molar refractivity (Wildman–Crippen MR) is 107 cm³/mol. The highest BCUT2D eigenvalue weighted by Crippen LogP contribution is 2.39. The number of amides is 1. The van der Waals surface area contributed by atoms with Crippen LogP contribution in [0.1, 0.15) is 37.1 Å². The minimum absolute atomic E-state index is 0.211. The topological polar surface area (TPSA) is 61.4 Å². The second-order valence-corrected chi connectivity index (χ2v) is 8.64. The highest BCUT2D eigenvalue weighted by molar-refractivity contribution is 7.13. The molecule has 1 N–H and O–H groups in total. The summed E-state index contributed by atoms with van der Waals surface area (Å²) < 4.78 is 0. The zero-order chi connectivity index (χ0) is 18.7. The van der Waals surface area contributed by atoms with Crippen molar-refractivity contribution in [2.24, 2.45) is 5.41 Å². The van der Waals surface area contributed by atoms with Gasteiger partial charge in [0.1, 0.15) is 0 Å². The minimum Gasteiger partial charge on any atom is -0.365 e. The molecule has 1 spiro atoms. The molecular formula is C20H27N5OS. The van der Waals surface area contributed by atoms with Gasteiger partial charge in [-0.1, -0.05) is 6.07 Å². The van der Waals surface area contributed by atoms with Crippen molar-refractivity contribution in [2.75, 3.05) is 32.0 Å². The molecule has 2 aliphatic heterocycles. The second-order valence-electron chi connectivity index (χ2n) is 7.78. The lowest BCUT2D eigenvalue weighted by atomic mass is 9.73. The number of nitrogens with zero attached hydrogens (tertiary/aromatic N) is 4. The number of rotatable bonds is 5. The van der Waals surface area contributed by atoms with E-state index in [2.05, 4.69) is 25.6 Å². The third-order valence-electron chi connectivity index (χ3n) is 5.72. The fourth-order valence-corrected chi connectivity index (χ4v) is 5.10. The van der Waals surface area contributed by atoms with E-state index in [1.807, 2.05) is 30.1 Å². The summed E-state index contributed by atoms with van der Waals surface area (Å²) in [5.74, 6) is 0.265. The molecule has 1 unspecified atom stereocenters. The Morgan fingerprint density at radius 3 is 2.93 bits per heavy atom. The van der Waals surface area contributed by atoms with Gasteiger partial charge in [-0.3, -0.25) is 14.7 Å². The molecule has 2 aliphatic rings. The zero-order valence-corrected chi connectivity index (χ0v) is 16.7. The number of carbonyl (C=O) groups excluding carboxylic acids is 1. The van der Waals surface area contributed by atoms with Crippen LogP contribution in [0.25, 0.3) is 0 Å². The van der Waals surface area contributed by atoms with E-state index in [1.54, 1.807) is 17.5 Å². The van der Waals surface area contributed by atoms with Gasteiger partial charge in [-0.05, 0) is 37.9 Å². The summed E-state index contributed by atoms with van der Waals surface area (Å²) in [4.78, 5) is 26.1. The molecule has 0 aliphatic carbocycles. The van der Waals surface area contributed by atoms with Crippen LogP contribution in [0.15, 0.2) is 29.8 Å². The number of hydrogen-bond acceptors (Lipinski definition) is 6. The van der Waals surface area contributed by atoms with E-state index in [9.17, 15) is 4.79 Å². The predicted octanol–water partition coefficient (Wildman–Crippen LogP) is 2.98. The second kappa shape index (κ2) is 7.94. The summed E-state index contributed by atoms with van der Waals surface area (Å²) in [6, 6.07) is 5.91. The molecule has 2 saturated heterocycles. The highest BCUT2D eigenvalue weighted by atomic mass is 32.1. The number of carbonyl (C=O) groups is 1. The number of piperidine rings is 2. The molecule has 27 heavy (non-hydrogen) atoms. The van der Waals surface area contributed by atoms with Crippen LogP contribution in [0.2, 0.25) is 0 Å². The SMILES string of the molecule is CNc1nc(CN2CCCC3(CCC(=O)N(Cc4ccccn4)C3)C2)cs1. The van der Waals surface area contributed by atoms with E-state index >= 15 is 0 Å². The highest BCUT2D eigenvalue weighted by Gasteiger charge is 2.41. The lowest BCUT2D eigenvalue weighted by Crippen LogP contribution is -2.53. The zero-order valence-electron chi connectivity index (χ0n) is 15.9. The van der Waals surface area contributed by atoms with Gasteiger partial charge in [-0.25, -0.2) is 4.98 Å². The Bertz CT molecular complexity index is 780. The smallest absolute Gasteiger partial charge is 0.222 e. The molecule has 0 bridgehead atoms. The average Bonchev–Trinajstić information content (AvgIpc) is 3.14. The van der Waals surface area contributed by atoms with Crippen molar-refractivity contribution >= 4 is 22.4 Å².